The van der Waals surface area contributed by atoms with Gasteiger partial charge >= 0.3 is 5.97 Å². The first-order valence-corrected chi connectivity index (χ1v) is 17.9. The number of allylic oxidation sites excluding steroid dienone is 5. The summed E-state index contributed by atoms with van der Waals surface area (Å²) in [6, 6.07) is 10.6. The summed E-state index contributed by atoms with van der Waals surface area (Å²) in [4.78, 5) is 25.5. The number of esters is 1. The Kier molecular flexibility index (Phi) is 17.7. The maximum Gasteiger partial charge on any atom is 0.348 e. The van der Waals surface area contributed by atoms with Crippen molar-refractivity contribution >= 4 is 33.8 Å². The van der Waals surface area contributed by atoms with E-state index in [0.717, 1.165) is 63.0 Å². The molecule has 3 aromatic heterocycles. The van der Waals surface area contributed by atoms with Gasteiger partial charge in [-0.1, -0.05) is 97.3 Å². The van der Waals surface area contributed by atoms with E-state index >= 15 is 0 Å². The van der Waals surface area contributed by atoms with Gasteiger partial charge in [-0.25, -0.2) is 9.78 Å². The van der Waals surface area contributed by atoms with Crippen molar-refractivity contribution in [2.45, 2.75) is 100.0 Å². The van der Waals surface area contributed by atoms with Crippen LogP contribution in [0.4, 0.5) is 0 Å². The van der Waals surface area contributed by atoms with E-state index in [-0.39, 0.29) is 5.97 Å². The SMILES string of the molecule is C=C(C)/C=C\C=C(/C)c1nc[nH]c1-c1ccc2ncc(-c3csc(C(=O)OCCC(C)C)c3)cc2c1.CCC.CCCC[C@@H](N)CC. The molecule has 0 aliphatic heterocycles. The monoisotopic (exact) mass is 656 g/mol. The molecule has 1 aromatic carbocycles. The van der Waals surface area contributed by atoms with Crippen molar-refractivity contribution in [3.8, 4) is 22.4 Å². The van der Waals surface area contributed by atoms with E-state index in [2.05, 4.69) is 81.3 Å². The lowest BCUT2D eigenvalue weighted by atomic mass is 10.0. The van der Waals surface area contributed by atoms with Gasteiger partial charge in [-0.3, -0.25) is 4.98 Å². The van der Waals surface area contributed by atoms with Crippen molar-refractivity contribution in [2.75, 3.05) is 6.61 Å². The van der Waals surface area contributed by atoms with Crippen LogP contribution in [0.3, 0.4) is 0 Å². The summed E-state index contributed by atoms with van der Waals surface area (Å²) >= 11 is 1.40. The van der Waals surface area contributed by atoms with Crippen molar-refractivity contribution < 1.29 is 9.53 Å². The number of hydrogen-bond acceptors (Lipinski definition) is 6. The van der Waals surface area contributed by atoms with Crippen molar-refractivity contribution in [1.29, 1.82) is 0 Å². The fourth-order valence-corrected chi connectivity index (χ4v) is 5.23. The van der Waals surface area contributed by atoms with Crippen LogP contribution in [0.25, 0.3) is 38.9 Å². The number of fused-ring (bicyclic) bond motifs is 1. The number of imidazole rings is 1. The molecule has 1 atom stereocenters. The van der Waals surface area contributed by atoms with Crippen molar-refractivity contribution in [1.82, 2.24) is 15.0 Å². The van der Waals surface area contributed by atoms with E-state index in [1.165, 1.54) is 37.0 Å². The Morgan fingerprint density at radius 3 is 2.43 bits per heavy atom. The number of pyridine rings is 1. The van der Waals surface area contributed by atoms with E-state index in [1.807, 2.05) is 55.8 Å². The molecule has 47 heavy (non-hydrogen) atoms. The maximum atomic E-state index is 12.4. The topological polar surface area (TPSA) is 93.9 Å². The number of nitrogens with zero attached hydrogens (tertiary/aromatic N) is 2. The van der Waals surface area contributed by atoms with Gasteiger partial charge in [-0.15, -0.1) is 11.3 Å². The minimum Gasteiger partial charge on any atom is -0.461 e. The molecule has 0 saturated carbocycles. The minimum absolute atomic E-state index is 0.267. The molecule has 7 heteroatoms. The van der Waals surface area contributed by atoms with Crippen LogP contribution in [0.2, 0.25) is 0 Å². The third kappa shape index (κ3) is 13.4. The lowest BCUT2D eigenvalue weighted by Gasteiger charge is -2.07. The van der Waals surface area contributed by atoms with E-state index in [4.69, 9.17) is 10.5 Å². The van der Waals surface area contributed by atoms with Crippen LogP contribution in [0.5, 0.6) is 0 Å². The highest BCUT2D eigenvalue weighted by Gasteiger charge is 2.14. The zero-order valence-corrected chi connectivity index (χ0v) is 30.7. The van der Waals surface area contributed by atoms with Crippen LogP contribution in [0, 0.1) is 5.92 Å². The van der Waals surface area contributed by atoms with E-state index in [9.17, 15) is 4.79 Å². The molecule has 0 aliphatic rings. The van der Waals surface area contributed by atoms with Gasteiger partial charge in [0.15, 0.2) is 0 Å². The molecular formula is C40H56N4O2S. The predicted octanol–water partition coefficient (Wildman–Crippen LogP) is 11.4. The molecule has 4 aromatic rings. The van der Waals surface area contributed by atoms with Crippen LogP contribution in [-0.2, 0) is 4.74 Å². The van der Waals surface area contributed by atoms with E-state index in [0.29, 0.717) is 23.4 Å². The number of rotatable bonds is 13. The number of nitrogens with one attached hydrogen (secondary N) is 1. The van der Waals surface area contributed by atoms with Gasteiger partial charge in [0.25, 0.3) is 0 Å². The highest BCUT2D eigenvalue weighted by Crippen LogP contribution is 2.31. The predicted molar refractivity (Wildman–Crippen MR) is 204 cm³/mol. The average Bonchev–Trinajstić information content (AvgIpc) is 3.74. The number of aromatic nitrogens is 3. The number of benzene rings is 1. The molecule has 4 rings (SSSR count). The average molecular weight is 657 g/mol. The number of carbonyl (C=O) groups is 1. The van der Waals surface area contributed by atoms with Crippen LogP contribution in [-0.4, -0.2) is 33.6 Å². The quantitative estimate of drug-likeness (QED) is 0.110. The summed E-state index contributed by atoms with van der Waals surface area (Å²) in [5.74, 6) is 0.234. The van der Waals surface area contributed by atoms with Crippen molar-refractivity contribution in [3.63, 3.8) is 0 Å². The lowest BCUT2D eigenvalue weighted by molar-refractivity contribution is 0.0494. The van der Waals surface area contributed by atoms with Crippen LogP contribution in [0.15, 0.2) is 78.6 Å². The first-order valence-electron chi connectivity index (χ1n) is 17.0. The number of unbranched alkanes of at least 4 members (excludes halogenated alkanes) is 1. The maximum absolute atomic E-state index is 12.4. The van der Waals surface area contributed by atoms with E-state index < -0.39 is 0 Å². The second-order valence-electron chi connectivity index (χ2n) is 12.3. The van der Waals surface area contributed by atoms with Crippen LogP contribution in [0.1, 0.15) is 109 Å². The molecule has 0 amide bonds. The molecule has 0 radical (unpaired) electrons. The van der Waals surface area contributed by atoms with Crippen LogP contribution >= 0.6 is 11.3 Å². The Labute approximate surface area is 287 Å². The largest absolute Gasteiger partial charge is 0.461 e. The highest BCUT2D eigenvalue weighted by molar-refractivity contribution is 7.12. The Morgan fingerprint density at radius 1 is 1.04 bits per heavy atom. The zero-order chi connectivity index (χ0) is 34.8. The first-order chi connectivity index (χ1) is 22.5. The Bertz CT molecular complexity index is 1590. The number of H-pyrrole nitrogens is 1. The van der Waals surface area contributed by atoms with Crippen molar-refractivity contribution in [3.05, 3.63) is 89.2 Å². The standard InChI is InChI=1S/C30H31N3O2S.C7H17N.C3H8/c1-19(2)7-6-8-21(5)28-29(33-18-32-28)22-9-10-26-23(13-22)14-24(16-31-26)25-15-27(36-17-25)30(34)35-12-11-20(3)4;1-3-5-6-7(8)4-2;1-3-2/h6-10,13-18,20H,1,11-12H2,2-5H3,(H,32,33);7H,3-6,8H2,1-2H3;3H2,1-2H3/b7-6-,21-8+;;/t;7-;/m.0./s1. The molecule has 0 fully saturated rings. The smallest absolute Gasteiger partial charge is 0.348 e. The molecule has 0 spiro atoms. The Morgan fingerprint density at radius 2 is 1.77 bits per heavy atom. The zero-order valence-electron chi connectivity index (χ0n) is 29.9. The highest BCUT2D eigenvalue weighted by atomic mass is 32.1. The normalized spacial score (nSPS) is 12.0. The van der Waals surface area contributed by atoms with Gasteiger partial charge in [-0.05, 0) is 79.8 Å². The number of hydrogen-bond donors (Lipinski definition) is 2. The summed E-state index contributed by atoms with van der Waals surface area (Å²) in [6.45, 7) is 21.2. The minimum atomic E-state index is -0.267. The lowest BCUT2D eigenvalue weighted by Crippen LogP contribution is -2.17. The summed E-state index contributed by atoms with van der Waals surface area (Å²) in [5, 5.41) is 2.99. The van der Waals surface area contributed by atoms with Gasteiger partial charge in [0.05, 0.1) is 29.8 Å². The fourth-order valence-electron chi connectivity index (χ4n) is 4.42. The molecule has 3 N–H and O–H groups in total. The summed E-state index contributed by atoms with van der Waals surface area (Å²) in [5.41, 5.74) is 13.4. The van der Waals surface area contributed by atoms with Gasteiger partial charge in [0.1, 0.15) is 4.88 Å². The van der Waals surface area contributed by atoms with Crippen molar-refractivity contribution in [2.24, 2.45) is 11.7 Å². The molecule has 254 valence electrons. The number of ether oxygens (including phenoxy) is 1. The summed E-state index contributed by atoms with van der Waals surface area (Å²) in [6.07, 6.45) is 16.6. The number of carbonyl (C=O) groups excluding carboxylic acids is 1. The second kappa shape index (κ2) is 21.1. The third-order valence-electron chi connectivity index (χ3n) is 7.22. The summed E-state index contributed by atoms with van der Waals surface area (Å²) in [7, 11) is 0. The molecule has 0 saturated heterocycles. The second-order valence-corrected chi connectivity index (χ2v) is 13.3. The van der Waals surface area contributed by atoms with Gasteiger partial charge < -0.3 is 15.5 Å². The molecular weight excluding hydrogens is 601 g/mol. The molecule has 3 heterocycles. The van der Waals surface area contributed by atoms with Gasteiger partial charge in [-0.2, -0.15) is 0 Å². The molecule has 6 nitrogen and oxygen atoms in total. The van der Waals surface area contributed by atoms with Crippen LogP contribution < -0.4 is 5.73 Å². The van der Waals surface area contributed by atoms with Gasteiger partial charge in [0, 0.05) is 28.8 Å². The number of aromatic amines is 1. The fraction of sp³-hybridized carbons (Fsp3) is 0.425. The Balaban J connectivity index is 0.000000603. The van der Waals surface area contributed by atoms with E-state index in [1.54, 1.807) is 6.33 Å². The molecule has 0 bridgehead atoms. The Hall–Kier alpha value is -3.81. The summed E-state index contributed by atoms with van der Waals surface area (Å²) < 4.78 is 5.42. The number of nitrogens with two attached hydrogens (primary N) is 1. The first kappa shape index (κ1) is 39.4. The number of thiophene rings is 1. The third-order valence-corrected chi connectivity index (χ3v) is 8.14. The van der Waals surface area contributed by atoms with Gasteiger partial charge in [0.2, 0.25) is 0 Å². The molecule has 0 aliphatic carbocycles. The molecule has 0 unspecified atom stereocenters.